The summed E-state index contributed by atoms with van der Waals surface area (Å²) in [6.45, 7) is 7.87. The van der Waals surface area contributed by atoms with Gasteiger partial charge >= 0.3 is 0 Å². The standard InChI is InChI=1S/C25H31N5O4S/c1-18-4-3-5-22(19(18)2)28-14-16-29(17-15-28)25(31)20-9-12-30(13-10-20)35(32,33)24-7-6-23(34-24)21-8-11-26-27-21/h3-8,11,20H,9-10,12-17H2,1-2H3,(H,26,27). The highest BCUT2D eigenvalue weighted by atomic mass is 32.2. The Kier molecular flexibility index (Phi) is 6.41. The molecule has 2 aliphatic heterocycles. The minimum absolute atomic E-state index is 0.0885. The maximum Gasteiger partial charge on any atom is 0.276 e. The highest BCUT2D eigenvalue weighted by molar-refractivity contribution is 7.89. The topological polar surface area (TPSA) is 103 Å². The highest BCUT2D eigenvalue weighted by Crippen LogP contribution is 2.29. The minimum atomic E-state index is -3.75. The lowest BCUT2D eigenvalue weighted by atomic mass is 9.96. The zero-order valence-corrected chi connectivity index (χ0v) is 20.9. The van der Waals surface area contributed by atoms with E-state index >= 15 is 0 Å². The summed E-state index contributed by atoms with van der Waals surface area (Å²) in [5, 5.41) is 6.54. The molecule has 186 valence electrons. The van der Waals surface area contributed by atoms with Crippen molar-refractivity contribution >= 4 is 21.6 Å². The molecular formula is C25H31N5O4S. The van der Waals surface area contributed by atoms with Crippen LogP contribution >= 0.6 is 0 Å². The van der Waals surface area contributed by atoms with Gasteiger partial charge in [-0.2, -0.15) is 9.40 Å². The van der Waals surface area contributed by atoms with Crippen LogP contribution in [0.4, 0.5) is 5.69 Å². The second-order valence-electron chi connectivity index (χ2n) is 9.30. The predicted octanol–water partition coefficient (Wildman–Crippen LogP) is 3.04. The first-order chi connectivity index (χ1) is 16.8. The number of aromatic amines is 1. The molecule has 2 fully saturated rings. The third-order valence-corrected chi connectivity index (χ3v) is 9.03. The van der Waals surface area contributed by atoms with Crippen molar-refractivity contribution in [2.45, 2.75) is 31.8 Å². The fourth-order valence-corrected chi connectivity index (χ4v) is 6.35. The van der Waals surface area contributed by atoms with Crippen molar-refractivity contribution in [1.29, 1.82) is 0 Å². The Morgan fingerprint density at radius 1 is 1.00 bits per heavy atom. The Labute approximate surface area is 205 Å². The van der Waals surface area contributed by atoms with Gasteiger partial charge in [0.25, 0.3) is 10.0 Å². The van der Waals surface area contributed by atoms with Crippen molar-refractivity contribution in [3.8, 4) is 11.5 Å². The van der Waals surface area contributed by atoms with Gasteiger partial charge in [-0.05, 0) is 62.1 Å². The monoisotopic (exact) mass is 497 g/mol. The average molecular weight is 498 g/mol. The number of piperazine rings is 1. The molecule has 1 aromatic carbocycles. The van der Waals surface area contributed by atoms with Crippen LogP contribution in [0.2, 0.25) is 0 Å². The third-order valence-electron chi connectivity index (χ3n) is 7.25. The normalized spacial score (nSPS) is 18.2. The first-order valence-electron chi connectivity index (χ1n) is 12.0. The summed E-state index contributed by atoms with van der Waals surface area (Å²) >= 11 is 0. The fraction of sp³-hybridized carbons (Fsp3) is 0.440. The number of aryl methyl sites for hydroxylation is 1. The van der Waals surface area contributed by atoms with Gasteiger partial charge in [0.1, 0.15) is 5.69 Å². The van der Waals surface area contributed by atoms with Gasteiger partial charge in [0, 0.05) is 57.1 Å². The molecule has 0 spiro atoms. The van der Waals surface area contributed by atoms with Crippen LogP contribution in [0.3, 0.4) is 0 Å². The number of carbonyl (C=O) groups is 1. The number of rotatable bonds is 5. The summed E-state index contributed by atoms with van der Waals surface area (Å²) < 4.78 is 33.2. The SMILES string of the molecule is Cc1cccc(N2CCN(C(=O)C3CCN(S(=O)(=O)c4ccc(-c5ccn[nH]5)o4)CC3)CC2)c1C. The van der Waals surface area contributed by atoms with Crippen LogP contribution in [-0.2, 0) is 14.8 Å². The molecule has 3 aromatic rings. The Bertz CT molecular complexity index is 1290. The number of H-pyrrole nitrogens is 1. The predicted molar refractivity (Wildman–Crippen MR) is 132 cm³/mol. The number of anilines is 1. The molecule has 5 rings (SSSR count). The number of hydrogen-bond donors (Lipinski definition) is 1. The van der Waals surface area contributed by atoms with Crippen molar-refractivity contribution < 1.29 is 17.6 Å². The Hall–Kier alpha value is -3.11. The van der Waals surface area contributed by atoms with Crippen LogP contribution in [0.25, 0.3) is 11.5 Å². The molecule has 2 saturated heterocycles. The molecule has 0 aliphatic carbocycles. The number of amides is 1. The molecule has 9 nitrogen and oxygen atoms in total. The first kappa shape index (κ1) is 23.6. The summed E-state index contributed by atoms with van der Waals surface area (Å²) in [5.74, 6) is 0.416. The highest BCUT2D eigenvalue weighted by Gasteiger charge is 2.36. The number of nitrogens with one attached hydrogen (secondary N) is 1. The van der Waals surface area contributed by atoms with E-state index in [4.69, 9.17) is 4.42 Å². The third kappa shape index (κ3) is 4.60. The van der Waals surface area contributed by atoms with E-state index in [1.54, 1.807) is 18.3 Å². The number of hydrogen-bond acceptors (Lipinski definition) is 6. The molecule has 1 amide bonds. The molecule has 0 unspecified atom stereocenters. The number of carbonyl (C=O) groups excluding carboxylic acids is 1. The van der Waals surface area contributed by atoms with Gasteiger partial charge in [0.2, 0.25) is 11.0 Å². The molecule has 2 aliphatic rings. The Balaban J connectivity index is 1.16. The summed E-state index contributed by atoms with van der Waals surface area (Å²) in [5.41, 5.74) is 4.42. The Morgan fingerprint density at radius 2 is 1.74 bits per heavy atom. The average Bonchev–Trinajstić information content (AvgIpc) is 3.58. The van der Waals surface area contributed by atoms with Gasteiger partial charge in [0.05, 0.1) is 0 Å². The molecule has 0 atom stereocenters. The van der Waals surface area contributed by atoms with Gasteiger partial charge in [-0.25, -0.2) is 8.42 Å². The van der Waals surface area contributed by atoms with Gasteiger partial charge < -0.3 is 14.2 Å². The second-order valence-corrected chi connectivity index (χ2v) is 11.2. The van der Waals surface area contributed by atoms with Gasteiger partial charge in [-0.1, -0.05) is 12.1 Å². The van der Waals surface area contributed by atoms with Crippen LogP contribution in [0.1, 0.15) is 24.0 Å². The lowest BCUT2D eigenvalue weighted by Crippen LogP contribution is -2.52. The van der Waals surface area contributed by atoms with E-state index in [1.165, 1.54) is 27.2 Å². The zero-order chi connectivity index (χ0) is 24.6. The maximum absolute atomic E-state index is 13.2. The molecule has 0 saturated carbocycles. The molecule has 4 heterocycles. The molecule has 10 heteroatoms. The van der Waals surface area contributed by atoms with E-state index in [2.05, 4.69) is 47.1 Å². The summed E-state index contributed by atoms with van der Waals surface area (Å²) in [7, 11) is -3.75. The number of piperidine rings is 1. The quantitative estimate of drug-likeness (QED) is 0.581. The zero-order valence-electron chi connectivity index (χ0n) is 20.1. The van der Waals surface area contributed by atoms with E-state index < -0.39 is 10.0 Å². The lowest BCUT2D eigenvalue weighted by molar-refractivity contribution is -0.137. The second kappa shape index (κ2) is 9.50. The molecule has 1 N–H and O–H groups in total. The molecule has 0 radical (unpaired) electrons. The smallest absolute Gasteiger partial charge is 0.276 e. The van der Waals surface area contributed by atoms with E-state index in [1.807, 2.05) is 4.90 Å². The first-order valence-corrected chi connectivity index (χ1v) is 13.5. The lowest BCUT2D eigenvalue weighted by Gasteiger charge is -2.39. The van der Waals surface area contributed by atoms with Crippen LogP contribution < -0.4 is 4.90 Å². The van der Waals surface area contributed by atoms with Gasteiger partial charge in [-0.3, -0.25) is 9.89 Å². The van der Waals surface area contributed by atoms with Crippen molar-refractivity contribution in [1.82, 2.24) is 19.4 Å². The fourth-order valence-electron chi connectivity index (χ4n) is 4.97. The van der Waals surface area contributed by atoms with Crippen molar-refractivity contribution in [2.75, 3.05) is 44.2 Å². The number of furan rings is 1. The number of sulfonamides is 1. The van der Waals surface area contributed by atoms with Gasteiger partial charge in [0.15, 0.2) is 5.76 Å². The largest absolute Gasteiger partial charge is 0.442 e. The van der Waals surface area contributed by atoms with Crippen LogP contribution in [0.5, 0.6) is 0 Å². The number of aromatic nitrogens is 2. The van der Waals surface area contributed by atoms with Crippen LogP contribution in [-0.4, -0.2) is 73.0 Å². The number of nitrogens with zero attached hydrogens (tertiary/aromatic N) is 4. The summed E-state index contributed by atoms with van der Waals surface area (Å²) in [6.07, 6.45) is 2.62. The summed E-state index contributed by atoms with van der Waals surface area (Å²) in [4.78, 5) is 17.5. The van der Waals surface area contributed by atoms with E-state index in [9.17, 15) is 13.2 Å². The van der Waals surface area contributed by atoms with Crippen LogP contribution in [0, 0.1) is 19.8 Å². The van der Waals surface area contributed by atoms with E-state index in [0.29, 0.717) is 50.5 Å². The van der Waals surface area contributed by atoms with Crippen molar-refractivity contribution in [2.24, 2.45) is 5.92 Å². The number of benzene rings is 1. The Morgan fingerprint density at radius 3 is 2.43 bits per heavy atom. The van der Waals surface area contributed by atoms with Crippen LogP contribution in [0.15, 0.2) is 52.1 Å². The molecule has 2 aromatic heterocycles. The van der Waals surface area contributed by atoms with Crippen molar-refractivity contribution in [3.05, 3.63) is 53.7 Å². The minimum Gasteiger partial charge on any atom is -0.442 e. The summed E-state index contributed by atoms with van der Waals surface area (Å²) in [6, 6.07) is 11.2. The maximum atomic E-state index is 13.2. The van der Waals surface area contributed by atoms with E-state index in [0.717, 1.165) is 13.1 Å². The molecular weight excluding hydrogens is 466 g/mol. The van der Waals surface area contributed by atoms with Crippen molar-refractivity contribution in [3.63, 3.8) is 0 Å². The molecule has 35 heavy (non-hydrogen) atoms. The van der Waals surface area contributed by atoms with Gasteiger partial charge in [-0.15, -0.1) is 0 Å². The van der Waals surface area contributed by atoms with E-state index in [-0.39, 0.29) is 16.9 Å². The molecule has 0 bridgehead atoms.